The Morgan fingerprint density at radius 1 is 1.17 bits per heavy atom. The number of ether oxygens (including phenoxy) is 2. The van der Waals surface area contributed by atoms with Gasteiger partial charge in [-0.3, -0.25) is 9.59 Å². The molecule has 0 spiro atoms. The molecule has 1 saturated heterocycles. The molecule has 1 atom stereocenters. The molecule has 0 aromatic heterocycles. The number of amides is 2. The summed E-state index contributed by atoms with van der Waals surface area (Å²) in [6, 6.07) is 12.6. The minimum atomic E-state index is -1.04. The highest BCUT2D eigenvalue weighted by Gasteiger charge is 2.40. The molecule has 0 radical (unpaired) electrons. The van der Waals surface area contributed by atoms with E-state index in [1.807, 2.05) is 0 Å². The molecule has 0 bridgehead atoms. The molecule has 2 aromatic rings. The molecule has 1 aliphatic heterocycles. The summed E-state index contributed by atoms with van der Waals surface area (Å²) >= 11 is 5.88. The van der Waals surface area contributed by atoms with E-state index in [1.165, 1.54) is 12.1 Å². The van der Waals surface area contributed by atoms with E-state index in [1.54, 1.807) is 41.3 Å². The van der Waals surface area contributed by atoms with Crippen LogP contribution in [0.1, 0.15) is 12.0 Å². The van der Waals surface area contributed by atoms with Crippen molar-refractivity contribution >= 4 is 23.4 Å². The SMILES string of the molecule is NC(=O)C[C@]1(COc2ccc(Cl)cc2)CN(C(=O)Cc2ccc(F)cc2)CCO1. The van der Waals surface area contributed by atoms with Crippen molar-refractivity contribution in [3.05, 3.63) is 64.9 Å². The fraction of sp³-hybridized carbons (Fsp3) is 0.333. The predicted octanol–water partition coefficient (Wildman–Crippen LogP) is 2.57. The average molecular weight is 421 g/mol. The lowest BCUT2D eigenvalue weighted by molar-refractivity contribution is -0.161. The molecule has 6 nitrogen and oxygen atoms in total. The number of nitrogens with zero attached hydrogens (tertiary/aromatic N) is 1. The number of hydrogen-bond acceptors (Lipinski definition) is 4. The molecule has 0 aliphatic carbocycles. The maximum atomic E-state index is 13.1. The maximum absolute atomic E-state index is 13.1. The van der Waals surface area contributed by atoms with Crippen molar-refractivity contribution in [1.29, 1.82) is 0 Å². The van der Waals surface area contributed by atoms with E-state index in [2.05, 4.69) is 0 Å². The van der Waals surface area contributed by atoms with Crippen molar-refractivity contribution in [2.75, 3.05) is 26.3 Å². The molecule has 0 unspecified atom stereocenters. The van der Waals surface area contributed by atoms with Crippen LogP contribution in [0, 0.1) is 5.82 Å². The van der Waals surface area contributed by atoms with Gasteiger partial charge in [-0.15, -0.1) is 0 Å². The molecule has 29 heavy (non-hydrogen) atoms. The molecule has 2 N–H and O–H groups in total. The highest BCUT2D eigenvalue weighted by Crippen LogP contribution is 2.25. The van der Waals surface area contributed by atoms with Crippen LogP contribution in [-0.4, -0.2) is 48.6 Å². The van der Waals surface area contributed by atoms with Gasteiger partial charge in [-0.05, 0) is 42.0 Å². The van der Waals surface area contributed by atoms with Crippen LogP contribution in [0.2, 0.25) is 5.02 Å². The number of morpholine rings is 1. The van der Waals surface area contributed by atoms with Gasteiger partial charge in [0.15, 0.2) is 0 Å². The first-order valence-electron chi connectivity index (χ1n) is 9.18. The third kappa shape index (κ3) is 5.92. The Bertz CT molecular complexity index is 860. The number of primary amides is 1. The number of hydrogen-bond donors (Lipinski definition) is 1. The lowest BCUT2D eigenvalue weighted by atomic mass is 9.97. The Labute approximate surface area is 173 Å². The Morgan fingerprint density at radius 2 is 1.86 bits per heavy atom. The minimum absolute atomic E-state index is 0.0535. The number of nitrogens with two attached hydrogens (primary N) is 1. The van der Waals surface area contributed by atoms with E-state index in [0.717, 1.165) is 0 Å². The van der Waals surface area contributed by atoms with Gasteiger partial charge in [-0.2, -0.15) is 0 Å². The summed E-state index contributed by atoms with van der Waals surface area (Å²) in [6.07, 6.45) is 0.0475. The van der Waals surface area contributed by atoms with Crippen LogP contribution in [0.25, 0.3) is 0 Å². The van der Waals surface area contributed by atoms with Gasteiger partial charge in [0.05, 0.1) is 26.0 Å². The van der Waals surface area contributed by atoms with Crippen LogP contribution in [0.3, 0.4) is 0 Å². The second-order valence-electron chi connectivity index (χ2n) is 7.04. The average Bonchev–Trinajstić information content (AvgIpc) is 2.69. The lowest BCUT2D eigenvalue weighted by Gasteiger charge is -2.42. The second kappa shape index (κ2) is 9.24. The highest BCUT2D eigenvalue weighted by atomic mass is 35.5. The smallest absolute Gasteiger partial charge is 0.227 e. The Kier molecular flexibility index (Phi) is 6.71. The number of carbonyl (C=O) groups excluding carboxylic acids is 2. The normalized spacial score (nSPS) is 19.0. The number of halogens is 2. The minimum Gasteiger partial charge on any atom is -0.490 e. The zero-order chi connectivity index (χ0) is 20.9. The topological polar surface area (TPSA) is 81.9 Å². The first-order chi connectivity index (χ1) is 13.8. The quantitative estimate of drug-likeness (QED) is 0.746. The largest absolute Gasteiger partial charge is 0.490 e. The summed E-state index contributed by atoms with van der Waals surface area (Å²) in [4.78, 5) is 26.0. The van der Waals surface area contributed by atoms with Gasteiger partial charge >= 0.3 is 0 Å². The summed E-state index contributed by atoms with van der Waals surface area (Å²) in [7, 11) is 0. The molecular weight excluding hydrogens is 399 g/mol. The van der Waals surface area contributed by atoms with Crippen LogP contribution in [-0.2, 0) is 20.7 Å². The van der Waals surface area contributed by atoms with E-state index in [-0.39, 0.29) is 44.3 Å². The molecule has 2 aromatic carbocycles. The van der Waals surface area contributed by atoms with Gasteiger partial charge in [0, 0.05) is 11.6 Å². The predicted molar refractivity (Wildman–Crippen MR) is 106 cm³/mol. The molecule has 1 aliphatic rings. The van der Waals surface area contributed by atoms with Crippen molar-refractivity contribution in [1.82, 2.24) is 4.90 Å². The van der Waals surface area contributed by atoms with Gasteiger partial charge in [-0.25, -0.2) is 4.39 Å². The molecule has 0 saturated carbocycles. The van der Waals surface area contributed by atoms with E-state index >= 15 is 0 Å². The summed E-state index contributed by atoms with van der Waals surface area (Å²) in [5, 5.41) is 0.579. The second-order valence-corrected chi connectivity index (χ2v) is 7.47. The van der Waals surface area contributed by atoms with Crippen LogP contribution < -0.4 is 10.5 Å². The van der Waals surface area contributed by atoms with Crippen molar-refractivity contribution in [3.8, 4) is 5.75 Å². The van der Waals surface area contributed by atoms with Crippen LogP contribution in [0.4, 0.5) is 4.39 Å². The summed E-state index contributed by atoms with van der Waals surface area (Å²) in [5.74, 6) is -0.471. The first kappa shape index (κ1) is 21.1. The van der Waals surface area contributed by atoms with Crippen molar-refractivity contribution in [3.63, 3.8) is 0 Å². The molecular formula is C21H22ClFN2O4. The standard InChI is InChI=1S/C21H22ClFN2O4/c22-16-3-7-18(8-4-16)28-14-21(12-19(24)26)13-25(9-10-29-21)20(27)11-15-1-5-17(23)6-2-15/h1-8H,9-14H2,(H2,24,26)/t21-/m1/s1. The fourth-order valence-electron chi connectivity index (χ4n) is 3.25. The first-order valence-corrected chi connectivity index (χ1v) is 9.56. The molecule has 1 fully saturated rings. The van der Waals surface area contributed by atoms with Gasteiger partial charge in [0.25, 0.3) is 0 Å². The Morgan fingerprint density at radius 3 is 2.52 bits per heavy atom. The van der Waals surface area contributed by atoms with Crippen molar-refractivity contribution < 1.29 is 23.5 Å². The summed E-state index contributed by atoms with van der Waals surface area (Å²) in [6.45, 7) is 0.870. The number of carbonyl (C=O) groups is 2. The molecule has 3 rings (SSSR count). The Balaban J connectivity index is 1.69. The molecule has 8 heteroatoms. The molecule has 2 amide bonds. The van der Waals surface area contributed by atoms with Crippen LogP contribution in [0.15, 0.2) is 48.5 Å². The molecule has 154 valence electrons. The van der Waals surface area contributed by atoms with E-state index in [0.29, 0.717) is 22.9 Å². The van der Waals surface area contributed by atoms with E-state index < -0.39 is 11.5 Å². The zero-order valence-corrected chi connectivity index (χ0v) is 16.5. The summed E-state index contributed by atoms with van der Waals surface area (Å²) in [5.41, 5.74) is 5.10. The highest BCUT2D eigenvalue weighted by molar-refractivity contribution is 6.30. The maximum Gasteiger partial charge on any atom is 0.227 e. The van der Waals surface area contributed by atoms with Crippen molar-refractivity contribution in [2.24, 2.45) is 5.73 Å². The van der Waals surface area contributed by atoms with Crippen molar-refractivity contribution in [2.45, 2.75) is 18.4 Å². The lowest BCUT2D eigenvalue weighted by Crippen LogP contribution is -2.58. The third-order valence-corrected chi connectivity index (χ3v) is 4.93. The molecule has 1 heterocycles. The third-order valence-electron chi connectivity index (χ3n) is 4.68. The van der Waals surface area contributed by atoms with Gasteiger partial charge in [0.1, 0.15) is 23.8 Å². The summed E-state index contributed by atoms with van der Waals surface area (Å²) < 4.78 is 24.7. The van der Waals surface area contributed by atoms with Gasteiger partial charge < -0.3 is 20.1 Å². The van der Waals surface area contributed by atoms with Gasteiger partial charge in [-0.1, -0.05) is 23.7 Å². The van der Waals surface area contributed by atoms with E-state index in [4.69, 9.17) is 26.8 Å². The monoisotopic (exact) mass is 420 g/mol. The Hall–Kier alpha value is -2.64. The van der Waals surface area contributed by atoms with Gasteiger partial charge in [0.2, 0.25) is 11.8 Å². The van der Waals surface area contributed by atoms with Crippen LogP contribution in [0.5, 0.6) is 5.75 Å². The fourth-order valence-corrected chi connectivity index (χ4v) is 3.38. The number of rotatable bonds is 7. The van der Waals surface area contributed by atoms with E-state index in [9.17, 15) is 14.0 Å². The number of benzene rings is 2. The van der Waals surface area contributed by atoms with Crippen LogP contribution >= 0.6 is 11.6 Å². The zero-order valence-electron chi connectivity index (χ0n) is 15.8.